The lowest BCUT2D eigenvalue weighted by atomic mass is 9.97. The molecule has 64 heavy (non-hydrogen) atoms. The molecular weight excluding hydrogens is 813 g/mol. The molecule has 10 aromatic carbocycles. The highest BCUT2D eigenvalue weighted by atomic mass is 32.1. The van der Waals surface area contributed by atoms with Gasteiger partial charge in [0, 0.05) is 62.8 Å². The Morgan fingerprint density at radius 1 is 0.250 bits per heavy atom. The van der Waals surface area contributed by atoms with Gasteiger partial charge in [-0.1, -0.05) is 170 Å². The van der Waals surface area contributed by atoms with Crippen LogP contribution in [0, 0.1) is 0 Å². The smallest absolute Gasteiger partial charge is 0.0555 e. The number of fused-ring (bicyclic) bond motifs is 6. The molecule has 0 aliphatic rings. The Balaban J connectivity index is 1.13. The van der Waals surface area contributed by atoms with E-state index in [1.807, 2.05) is 22.7 Å². The number of para-hydroxylation sites is 2. The Kier molecular flexibility index (Phi) is 9.59. The van der Waals surface area contributed by atoms with Crippen LogP contribution in [0.15, 0.2) is 243 Å². The molecule has 0 saturated carbocycles. The van der Waals surface area contributed by atoms with Crippen molar-refractivity contribution >= 4 is 97.1 Å². The monoisotopic (exact) mass is 852 g/mol. The van der Waals surface area contributed by atoms with Gasteiger partial charge in [0.15, 0.2) is 0 Å². The van der Waals surface area contributed by atoms with Crippen LogP contribution in [0.5, 0.6) is 0 Å². The highest BCUT2D eigenvalue weighted by Crippen LogP contribution is 2.52. The summed E-state index contributed by atoms with van der Waals surface area (Å²) in [5, 5.41) is 5.04. The summed E-state index contributed by atoms with van der Waals surface area (Å²) < 4.78 is 5.10. The van der Waals surface area contributed by atoms with Gasteiger partial charge >= 0.3 is 0 Å². The summed E-state index contributed by atoms with van der Waals surface area (Å²) in [5.74, 6) is 0. The zero-order chi connectivity index (χ0) is 42.4. The van der Waals surface area contributed by atoms with Crippen molar-refractivity contribution in [3.63, 3.8) is 0 Å². The second-order valence-electron chi connectivity index (χ2n) is 16.0. The third kappa shape index (κ3) is 6.63. The third-order valence-electron chi connectivity index (χ3n) is 12.2. The minimum Gasteiger partial charge on any atom is -0.309 e. The molecule has 0 unspecified atom stereocenters. The van der Waals surface area contributed by atoms with E-state index in [0.717, 1.165) is 45.3 Å². The van der Waals surface area contributed by atoms with Crippen molar-refractivity contribution in [3.05, 3.63) is 243 Å². The van der Waals surface area contributed by atoms with Gasteiger partial charge in [-0.15, -0.1) is 22.7 Å². The molecule has 302 valence electrons. The van der Waals surface area contributed by atoms with Crippen molar-refractivity contribution in [2.75, 3.05) is 9.80 Å². The lowest BCUT2D eigenvalue weighted by molar-refractivity contribution is 1.28. The molecule has 0 saturated heterocycles. The number of thiophene rings is 2. The first-order chi connectivity index (χ1) is 31.8. The number of anilines is 6. The predicted octanol–water partition coefficient (Wildman–Crippen LogP) is 18.4. The average molecular weight is 853 g/mol. The van der Waals surface area contributed by atoms with Crippen LogP contribution in [0.2, 0.25) is 0 Å². The van der Waals surface area contributed by atoms with Crippen LogP contribution in [0.1, 0.15) is 0 Å². The van der Waals surface area contributed by atoms with E-state index in [1.54, 1.807) is 0 Å². The molecule has 0 fully saturated rings. The van der Waals surface area contributed by atoms with E-state index >= 15 is 0 Å². The van der Waals surface area contributed by atoms with Crippen molar-refractivity contribution in [2.45, 2.75) is 0 Å². The van der Waals surface area contributed by atoms with Gasteiger partial charge in [-0.05, 0) is 95.1 Å². The molecular formula is C60H40N2S2. The normalized spacial score (nSPS) is 11.4. The van der Waals surface area contributed by atoms with Gasteiger partial charge in [0.05, 0.1) is 22.7 Å². The summed E-state index contributed by atoms with van der Waals surface area (Å²) in [4.78, 5) is 4.99. The molecule has 2 heterocycles. The molecule has 0 bridgehead atoms. The summed E-state index contributed by atoms with van der Waals surface area (Å²) >= 11 is 3.71. The van der Waals surface area contributed by atoms with Gasteiger partial charge in [-0.3, -0.25) is 0 Å². The van der Waals surface area contributed by atoms with E-state index in [0.29, 0.717) is 0 Å². The van der Waals surface area contributed by atoms with E-state index in [2.05, 4.69) is 252 Å². The van der Waals surface area contributed by atoms with Gasteiger partial charge in [0.2, 0.25) is 0 Å². The topological polar surface area (TPSA) is 6.48 Å². The zero-order valence-corrected chi connectivity index (χ0v) is 36.4. The van der Waals surface area contributed by atoms with Crippen molar-refractivity contribution < 1.29 is 0 Å². The van der Waals surface area contributed by atoms with Crippen LogP contribution in [0.4, 0.5) is 34.1 Å². The highest BCUT2D eigenvalue weighted by molar-refractivity contribution is 7.26. The Bertz CT molecular complexity index is 3400. The maximum Gasteiger partial charge on any atom is 0.0555 e. The zero-order valence-electron chi connectivity index (χ0n) is 34.8. The van der Waals surface area contributed by atoms with Crippen molar-refractivity contribution in [3.8, 4) is 33.4 Å². The number of benzene rings is 10. The Morgan fingerprint density at radius 2 is 0.594 bits per heavy atom. The number of nitrogens with zero attached hydrogens (tertiary/aromatic N) is 2. The molecule has 12 aromatic rings. The average Bonchev–Trinajstić information content (AvgIpc) is 3.95. The predicted molar refractivity (Wildman–Crippen MR) is 278 cm³/mol. The van der Waals surface area contributed by atoms with Gasteiger partial charge in [-0.25, -0.2) is 0 Å². The lowest BCUT2D eigenvalue weighted by Gasteiger charge is -2.32. The van der Waals surface area contributed by atoms with E-state index in [-0.39, 0.29) is 0 Å². The molecule has 0 aliphatic heterocycles. The lowest BCUT2D eigenvalue weighted by Crippen LogP contribution is -2.14. The minimum absolute atomic E-state index is 1.09. The van der Waals surface area contributed by atoms with E-state index in [9.17, 15) is 0 Å². The summed E-state index contributed by atoms with van der Waals surface area (Å²) in [6, 6.07) is 88.5. The van der Waals surface area contributed by atoms with Crippen LogP contribution in [0.25, 0.3) is 73.7 Å². The second kappa shape index (κ2) is 16.2. The van der Waals surface area contributed by atoms with Gasteiger partial charge in [0.25, 0.3) is 0 Å². The Morgan fingerprint density at radius 3 is 1.06 bits per heavy atom. The fourth-order valence-electron chi connectivity index (χ4n) is 9.40. The Hall–Kier alpha value is -7.76. The quantitative estimate of drug-likeness (QED) is 0.143. The van der Waals surface area contributed by atoms with Crippen LogP contribution < -0.4 is 9.80 Å². The number of rotatable bonds is 9. The SMILES string of the molecule is c1ccc(-c2cccc(N(c3ccccc3-c3ccccc3N(c3cccc(-c4ccccc4)c3)c3cccc4sc5ccccc5c34)c3cccc4sc5ccccc5c34)c2)cc1. The fourth-order valence-corrected chi connectivity index (χ4v) is 11.7. The second-order valence-corrected chi connectivity index (χ2v) is 18.2. The van der Waals surface area contributed by atoms with Crippen LogP contribution in [-0.2, 0) is 0 Å². The largest absolute Gasteiger partial charge is 0.309 e. The van der Waals surface area contributed by atoms with Gasteiger partial charge in [-0.2, -0.15) is 0 Å². The minimum atomic E-state index is 1.09. The molecule has 0 N–H and O–H groups in total. The fraction of sp³-hybridized carbons (Fsp3) is 0. The standard InChI is InChI=1S/C60H40N2S2/c1-3-19-41(20-4-1)43-23-15-25-45(39-43)61(53-33-17-37-57-59(53)49-29-9-13-35-55(49)63-57)51-31-11-7-27-47(51)48-28-8-12-32-52(48)62(46-26-16-24-44(40-46)42-21-5-2-6-22-42)54-34-18-38-58-60(54)50-30-10-14-36-56(50)64-58/h1-40H. The summed E-state index contributed by atoms with van der Waals surface area (Å²) in [5.41, 5.74) is 13.6. The molecule has 0 atom stereocenters. The van der Waals surface area contributed by atoms with E-state index < -0.39 is 0 Å². The first-order valence-electron chi connectivity index (χ1n) is 21.7. The first kappa shape index (κ1) is 38.0. The van der Waals surface area contributed by atoms with Crippen LogP contribution in [-0.4, -0.2) is 0 Å². The van der Waals surface area contributed by atoms with Crippen molar-refractivity contribution in [2.24, 2.45) is 0 Å². The Labute approximate surface area is 380 Å². The van der Waals surface area contributed by atoms with E-state index in [1.165, 1.54) is 62.6 Å². The maximum absolute atomic E-state index is 2.49. The van der Waals surface area contributed by atoms with Crippen LogP contribution in [0.3, 0.4) is 0 Å². The number of hydrogen-bond donors (Lipinski definition) is 0. The maximum atomic E-state index is 2.49. The van der Waals surface area contributed by atoms with Gasteiger partial charge in [0.1, 0.15) is 0 Å². The molecule has 2 aromatic heterocycles. The van der Waals surface area contributed by atoms with Crippen molar-refractivity contribution in [1.29, 1.82) is 0 Å². The molecule has 0 amide bonds. The van der Waals surface area contributed by atoms with Crippen molar-refractivity contribution in [1.82, 2.24) is 0 Å². The molecule has 4 heteroatoms. The number of hydrogen-bond acceptors (Lipinski definition) is 4. The molecule has 0 spiro atoms. The van der Waals surface area contributed by atoms with E-state index in [4.69, 9.17) is 0 Å². The summed E-state index contributed by atoms with van der Waals surface area (Å²) in [7, 11) is 0. The third-order valence-corrected chi connectivity index (χ3v) is 14.5. The molecule has 0 radical (unpaired) electrons. The van der Waals surface area contributed by atoms with Gasteiger partial charge < -0.3 is 9.80 Å². The first-order valence-corrected chi connectivity index (χ1v) is 23.3. The summed E-state index contributed by atoms with van der Waals surface area (Å²) in [6.07, 6.45) is 0. The van der Waals surface area contributed by atoms with Crippen LogP contribution >= 0.6 is 22.7 Å². The molecule has 0 aliphatic carbocycles. The molecule has 12 rings (SSSR count). The summed E-state index contributed by atoms with van der Waals surface area (Å²) in [6.45, 7) is 0. The highest BCUT2D eigenvalue weighted by Gasteiger charge is 2.26. The molecule has 2 nitrogen and oxygen atoms in total.